The Morgan fingerprint density at radius 3 is 2.70 bits per heavy atom. The van der Waals surface area contributed by atoms with Gasteiger partial charge in [-0.3, -0.25) is 9.59 Å². The molecule has 1 atom stereocenters. The second kappa shape index (κ2) is 9.57. The highest BCUT2D eigenvalue weighted by molar-refractivity contribution is 6.32. The maximum absolute atomic E-state index is 13.7. The third kappa shape index (κ3) is 4.50. The predicted molar refractivity (Wildman–Crippen MR) is 131 cm³/mol. The van der Waals surface area contributed by atoms with Crippen molar-refractivity contribution in [2.24, 2.45) is 0 Å². The Labute approximate surface area is 198 Å². The fourth-order valence-corrected chi connectivity index (χ4v) is 4.43. The van der Waals surface area contributed by atoms with E-state index in [0.29, 0.717) is 40.5 Å². The van der Waals surface area contributed by atoms with Crippen molar-refractivity contribution >= 4 is 28.5 Å². The second-order valence-corrected chi connectivity index (χ2v) is 9.16. The number of amides is 1. The smallest absolute Gasteiger partial charge is 0.290 e. The van der Waals surface area contributed by atoms with Crippen LogP contribution in [0.4, 0.5) is 0 Å². The molecule has 33 heavy (non-hydrogen) atoms. The number of hydrogen-bond acceptors (Lipinski definition) is 5. The average molecular weight is 469 g/mol. The van der Waals surface area contributed by atoms with E-state index >= 15 is 0 Å². The molecule has 0 bridgehead atoms. The zero-order valence-electron chi connectivity index (χ0n) is 19.5. The lowest BCUT2D eigenvalue weighted by atomic mass is 9.98. The Kier molecular flexibility index (Phi) is 6.77. The van der Waals surface area contributed by atoms with Crippen LogP contribution in [0, 0.1) is 6.92 Å². The lowest BCUT2D eigenvalue weighted by Crippen LogP contribution is -2.32. The first-order chi connectivity index (χ1) is 15.8. The molecule has 3 aromatic rings. The molecule has 2 aromatic carbocycles. The van der Waals surface area contributed by atoms with Crippen molar-refractivity contribution in [3.05, 3.63) is 74.1 Å². The van der Waals surface area contributed by atoms with Gasteiger partial charge in [-0.25, -0.2) is 0 Å². The number of carbonyl (C=O) groups is 1. The molecule has 0 radical (unpaired) electrons. The molecule has 0 aliphatic carbocycles. The topological polar surface area (TPSA) is 63.0 Å². The van der Waals surface area contributed by atoms with Crippen molar-refractivity contribution in [2.75, 3.05) is 33.8 Å². The molecule has 2 heterocycles. The number of nitrogens with zero attached hydrogens (tertiary/aromatic N) is 2. The Hall–Kier alpha value is -2.83. The van der Waals surface area contributed by atoms with Gasteiger partial charge in [-0.15, -0.1) is 0 Å². The van der Waals surface area contributed by atoms with Crippen molar-refractivity contribution < 1.29 is 13.9 Å². The number of aryl methyl sites for hydroxylation is 1. The quantitative estimate of drug-likeness (QED) is 0.463. The molecule has 174 valence electrons. The van der Waals surface area contributed by atoms with Crippen LogP contribution in [0.25, 0.3) is 11.0 Å². The minimum atomic E-state index is -0.541. The van der Waals surface area contributed by atoms with Gasteiger partial charge in [0.25, 0.3) is 5.91 Å². The third-order valence-electron chi connectivity index (χ3n) is 5.90. The average Bonchev–Trinajstić information content (AvgIpc) is 3.06. The Morgan fingerprint density at radius 1 is 1.18 bits per heavy atom. The van der Waals surface area contributed by atoms with Gasteiger partial charge in [-0.1, -0.05) is 30.7 Å². The van der Waals surface area contributed by atoms with Crippen LogP contribution in [0.3, 0.4) is 0 Å². The van der Waals surface area contributed by atoms with Crippen LogP contribution in [0.15, 0.2) is 45.6 Å². The molecular formula is C26H29ClN2O4. The molecule has 7 heteroatoms. The number of hydrogen-bond donors (Lipinski definition) is 0. The van der Waals surface area contributed by atoms with Crippen molar-refractivity contribution in [1.29, 1.82) is 0 Å². The summed E-state index contributed by atoms with van der Waals surface area (Å²) in [6, 6.07) is 10.4. The third-order valence-corrected chi connectivity index (χ3v) is 6.31. The lowest BCUT2D eigenvalue weighted by Gasteiger charge is -2.26. The molecule has 4 rings (SSSR count). The highest BCUT2D eigenvalue weighted by Gasteiger charge is 2.42. The van der Waals surface area contributed by atoms with E-state index in [1.807, 2.05) is 52.2 Å². The SMILES string of the molecule is CCCOc1cccc(C2c3c(oc4cc(C)c(Cl)cc4c3=O)C(=O)N2CCCN(C)C)c1. The van der Waals surface area contributed by atoms with E-state index in [1.54, 1.807) is 17.0 Å². The zero-order chi connectivity index (χ0) is 23.7. The molecule has 0 fully saturated rings. The number of fused-ring (bicyclic) bond motifs is 2. The number of rotatable bonds is 8. The maximum atomic E-state index is 13.7. The summed E-state index contributed by atoms with van der Waals surface area (Å²) in [4.78, 5) is 31.0. The van der Waals surface area contributed by atoms with Crippen LogP contribution < -0.4 is 10.2 Å². The van der Waals surface area contributed by atoms with Crippen LogP contribution in [0.2, 0.25) is 5.02 Å². The lowest BCUT2D eigenvalue weighted by molar-refractivity contribution is 0.0722. The van der Waals surface area contributed by atoms with Gasteiger partial charge in [0.15, 0.2) is 5.43 Å². The van der Waals surface area contributed by atoms with Gasteiger partial charge in [0.2, 0.25) is 5.76 Å². The molecule has 1 aromatic heterocycles. The highest BCUT2D eigenvalue weighted by Crippen LogP contribution is 2.39. The minimum Gasteiger partial charge on any atom is -0.494 e. The first kappa shape index (κ1) is 23.3. The summed E-state index contributed by atoms with van der Waals surface area (Å²) < 4.78 is 11.9. The predicted octanol–water partition coefficient (Wildman–Crippen LogP) is 5.04. The van der Waals surface area contributed by atoms with E-state index in [0.717, 1.165) is 30.5 Å². The molecule has 1 amide bonds. The van der Waals surface area contributed by atoms with Gasteiger partial charge in [0.1, 0.15) is 11.3 Å². The highest BCUT2D eigenvalue weighted by atomic mass is 35.5. The number of ether oxygens (including phenoxy) is 1. The summed E-state index contributed by atoms with van der Waals surface area (Å²) in [5, 5.41) is 0.879. The van der Waals surface area contributed by atoms with E-state index in [1.165, 1.54) is 0 Å². The van der Waals surface area contributed by atoms with Crippen molar-refractivity contribution in [3.8, 4) is 5.75 Å². The van der Waals surface area contributed by atoms with E-state index in [2.05, 4.69) is 4.90 Å². The Morgan fingerprint density at radius 2 is 1.97 bits per heavy atom. The first-order valence-corrected chi connectivity index (χ1v) is 11.6. The molecule has 1 unspecified atom stereocenters. The summed E-state index contributed by atoms with van der Waals surface area (Å²) in [5.41, 5.74) is 2.14. The molecule has 1 aliphatic heterocycles. The van der Waals surface area contributed by atoms with Crippen LogP contribution >= 0.6 is 11.6 Å². The second-order valence-electron chi connectivity index (χ2n) is 8.75. The fraction of sp³-hybridized carbons (Fsp3) is 0.385. The molecule has 0 saturated carbocycles. The largest absolute Gasteiger partial charge is 0.494 e. The van der Waals surface area contributed by atoms with Crippen molar-refractivity contribution in [1.82, 2.24) is 9.80 Å². The monoisotopic (exact) mass is 468 g/mol. The normalized spacial score (nSPS) is 15.5. The summed E-state index contributed by atoms with van der Waals surface area (Å²) in [5.74, 6) is 0.566. The Bertz CT molecular complexity index is 1250. The molecule has 0 saturated heterocycles. The Balaban J connectivity index is 1.86. The summed E-state index contributed by atoms with van der Waals surface area (Å²) in [7, 11) is 3.99. The summed E-state index contributed by atoms with van der Waals surface area (Å²) >= 11 is 6.31. The van der Waals surface area contributed by atoms with Gasteiger partial charge in [0, 0.05) is 11.6 Å². The van der Waals surface area contributed by atoms with Gasteiger partial charge in [0.05, 0.1) is 23.6 Å². The van der Waals surface area contributed by atoms with E-state index in [9.17, 15) is 9.59 Å². The van der Waals surface area contributed by atoms with Gasteiger partial charge in [-0.2, -0.15) is 0 Å². The fourth-order valence-electron chi connectivity index (χ4n) is 4.27. The molecular weight excluding hydrogens is 440 g/mol. The van der Waals surface area contributed by atoms with E-state index in [-0.39, 0.29) is 17.1 Å². The zero-order valence-corrected chi connectivity index (χ0v) is 20.2. The molecule has 0 N–H and O–H groups in total. The van der Waals surface area contributed by atoms with Crippen LogP contribution in [0.1, 0.15) is 53.1 Å². The minimum absolute atomic E-state index is 0.115. The summed E-state index contributed by atoms with van der Waals surface area (Å²) in [6.45, 7) is 5.81. The van der Waals surface area contributed by atoms with Gasteiger partial charge >= 0.3 is 0 Å². The maximum Gasteiger partial charge on any atom is 0.290 e. The van der Waals surface area contributed by atoms with E-state index in [4.69, 9.17) is 20.8 Å². The molecule has 0 spiro atoms. The number of benzene rings is 2. The van der Waals surface area contributed by atoms with Crippen LogP contribution in [-0.4, -0.2) is 49.5 Å². The standard InChI is InChI=1S/C26H29ClN2O4/c1-5-12-32-18-9-6-8-17(14-18)23-22-24(30)19-15-20(27)16(2)13-21(19)33-25(22)26(31)29(23)11-7-10-28(3)4/h6,8-9,13-15,23H,5,7,10-12H2,1-4H3. The van der Waals surface area contributed by atoms with Crippen molar-refractivity contribution in [3.63, 3.8) is 0 Å². The van der Waals surface area contributed by atoms with Crippen LogP contribution in [-0.2, 0) is 0 Å². The number of halogens is 1. The molecule has 1 aliphatic rings. The number of carbonyl (C=O) groups excluding carboxylic acids is 1. The summed E-state index contributed by atoms with van der Waals surface area (Å²) in [6.07, 6.45) is 1.66. The molecule has 6 nitrogen and oxygen atoms in total. The first-order valence-electron chi connectivity index (χ1n) is 11.3. The van der Waals surface area contributed by atoms with Crippen LogP contribution in [0.5, 0.6) is 5.75 Å². The van der Waals surface area contributed by atoms with Gasteiger partial charge < -0.3 is 19.0 Å². The van der Waals surface area contributed by atoms with Crippen molar-refractivity contribution in [2.45, 2.75) is 32.7 Å². The van der Waals surface area contributed by atoms with E-state index < -0.39 is 6.04 Å². The van der Waals surface area contributed by atoms with Gasteiger partial charge in [-0.05, 0) is 75.8 Å².